The number of carbonyl (C=O) groups is 2. The third kappa shape index (κ3) is 5.64. The molecule has 2 N–H and O–H groups in total. The van der Waals surface area contributed by atoms with E-state index in [1.54, 1.807) is 29.7 Å². The molecule has 0 spiro atoms. The lowest BCUT2D eigenvalue weighted by Crippen LogP contribution is -2.22. The number of rotatable bonds is 6. The van der Waals surface area contributed by atoms with Crippen LogP contribution in [0.1, 0.15) is 17.3 Å². The van der Waals surface area contributed by atoms with Crippen LogP contribution in [0.25, 0.3) is 0 Å². The Hall–Kier alpha value is -2.53. The highest BCUT2D eigenvalue weighted by Gasteiger charge is 2.05. The van der Waals surface area contributed by atoms with Crippen molar-refractivity contribution >= 4 is 29.3 Å². The molecule has 0 aromatic heterocycles. The first-order valence-electron chi connectivity index (χ1n) is 7.26. The second kappa shape index (κ2) is 8.80. The van der Waals surface area contributed by atoms with Gasteiger partial charge in [0.05, 0.1) is 0 Å². The van der Waals surface area contributed by atoms with Gasteiger partial charge < -0.3 is 10.6 Å². The van der Waals surface area contributed by atoms with E-state index in [0.29, 0.717) is 17.8 Å². The molecule has 0 bridgehead atoms. The van der Waals surface area contributed by atoms with Gasteiger partial charge in [-0.2, -0.15) is 0 Å². The Labute approximate surface area is 140 Å². The van der Waals surface area contributed by atoms with Crippen molar-refractivity contribution in [2.75, 3.05) is 11.9 Å². The number of amides is 2. The topological polar surface area (TPSA) is 58.2 Å². The molecule has 0 heterocycles. The highest BCUT2D eigenvalue weighted by Crippen LogP contribution is 2.18. The summed E-state index contributed by atoms with van der Waals surface area (Å²) < 4.78 is 0. The van der Waals surface area contributed by atoms with Gasteiger partial charge in [-0.1, -0.05) is 36.0 Å². The zero-order chi connectivity index (χ0) is 16.5. The number of hydrogen-bond acceptors (Lipinski definition) is 3. The molecule has 0 aliphatic rings. The molecule has 2 rings (SSSR count). The van der Waals surface area contributed by atoms with Crippen molar-refractivity contribution in [3.05, 3.63) is 71.6 Å². The number of thioether (sulfide) groups is 1. The van der Waals surface area contributed by atoms with Gasteiger partial charge in [-0.3, -0.25) is 9.59 Å². The monoisotopic (exact) mass is 326 g/mol. The Morgan fingerprint density at radius 2 is 1.87 bits per heavy atom. The van der Waals surface area contributed by atoms with E-state index in [1.165, 1.54) is 17.8 Å². The van der Waals surface area contributed by atoms with Gasteiger partial charge in [-0.15, -0.1) is 0 Å². The van der Waals surface area contributed by atoms with Crippen molar-refractivity contribution < 1.29 is 9.59 Å². The summed E-state index contributed by atoms with van der Waals surface area (Å²) >= 11 is 1.47. The van der Waals surface area contributed by atoms with Crippen LogP contribution in [-0.2, 0) is 4.79 Å². The lowest BCUT2D eigenvalue weighted by Gasteiger charge is -2.06. The van der Waals surface area contributed by atoms with Crippen LogP contribution in [0.3, 0.4) is 0 Å². The average Bonchev–Trinajstić information content (AvgIpc) is 2.56. The maximum Gasteiger partial charge on any atom is 0.251 e. The van der Waals surface area contributed by atoms with Crippen LogP contribution >= 0.6 is 11.8 Å². The molecule has 2 aromatic rings. The molecule has 23 heavy (non-hydrogen) atoms. The van der Waals surface area contributed by atoms with Crippen molar-refractivity contribution in [1.82, 2.24) is 5.32 Å². The highest BCUT2D eigenvalue weighted by atomic mass is 32.2. The van der Waals surface area contributed by atoms with Crippen molar-refractivity contribution in [2.45, 2.75) is 11.8 Å². The quantitative estimate of drug-likeness (QED) is 0.629. The standard InChI is InChI=1S/C18H18N2O2S/c1-2-19-18(22)14-7-6-8-15(13-14)20-17(21)11-12-23-16-9-4-3-5-10-16/h3-13H,2H2,1H3,(H,19,22)(H,20,21). The van der Waals surface area contributed by atoms with E-state index in [-0.39, 0.29) is 11.8 Å². The fraction of sp³-hybridized carbons (Fsp3) is 0.111. The number of carbonyl (C=O) groups excluding carboxylic acids is 2. The third-order valence-electron chi connectivity index (χ3n) is 2.90. The summed E-state index contributed by atoms with van der Waals surface area (Å²) in [6.45, 7) is 2.42. The van der Waals surface area contributed by atoms with Gasteiger partial charge in [0.15, 0.2) is 0 Å². The van der Waals surface area contributed by atoms with Crippen molar-refractivity contribution in [3.8, 4) is 0 Å². The molecule has 0 aliphatic heterocycles. The summed E-state index contributed by atoms with van der Waals surface area (Å²) in [6, 6.07) is 16.6. The van der Waals surface area contributed by atoms with E-state index in [1.807, 2.05) is 37.3 Å². The highest BCUT2D eigenvalue weighted by molar-refractivity contribution is 8.02. The Balaban J connectivity index is 1.92. The summed E-state index contributed by atoms with van der Waals surface area (Å²) in [5.74, 6) is -0.389. The summed E-state index contributed by atoms with van der Waals surface area (Å²) in [5.41, 5.74) is 1.11. The first-order valence-corrected chi connectivity index (χ1v) is 8.14. The summed E-state index contributed by atoms with van der Waals surface area (Å²) in [4.78, 5) is 24.7. The molecule has 2 aromatic carbocycles. The van der Waals surface area contributed by atoms with Crippen molar-refractivity contribution in [2.24, 2.45) is 0 Å². The van der Waals surface area contributed by atoms with Crippen LogP contribution in [-0.4, -0.2) is 18.4 Å². The van der Waals surface area contributed by atoms with Gasteiger partial charge in [-0.05, 0) is 42.7 Å². The van der Waals surface area contributed by atoms with Gasteiger partial charge in [0.2, 0.25) is 5.91 Å². The minimum absolute atomic E-state index is 0.154. The maximum atomic E-state index is 11.9. The van der Waals surface area contributed by atoms with Crippen LogP contribution < -0.4 is 10.6 Å². The molecule has 0 fully saturated rings. The Morgan fingerprint density at radius 1 is 1.09 bits per heavy atom. The average molecular weight is 326 g/mol. The molecular formula is C18H18N2O2S. The predicted molar refractivity (Wildman–Crippen MR) is 94.5 cm³/mol. The Kier molecular flexibility index (Phi) is 6.44. The fourth-order valence-corrected chi connectivity index (χ4v) is 2.52. The molecule has 118 valence electrons. The number of anilines is 1. The summed E-state index contributed by atoms with van der Waals surface area (Å²) in [6.07, 6.45) is 1.47. The Morgan fingerprint density at radius 3 is 2.61 bits per heavy atom. The van der Waals surface area contributed by atoms with E-state index >= 15 is 0 Å². The van der Waals surface area contributed by atoms with E-state index in [2.05, 4.69) is 10.6 Å². The summed E-state index contributed by atoms with van der Waals surface area (Å²) in [5, 5.41) is 7.21. The first-order chi connectivity index (χ1) is 11.2. The van der Waals surface area contributed by atoms with E-state index in [4.69, 9.17) is 0 Å². The molecule has 0 radical (unpaired) electrons. The van der Waals surface area contributed by atoms with Gasteiger partial charge in [0, 0.05) is 28.8 Å². The zero-order valence-corrected chi connectivity index (χ0v) is 13.6. The number of hydrogen-bond donors (Lipinski definition) is 2. The summed E-state index contributed by atoms with van der Waals surface area (Å²) in [7, 11) is 0. The van der Waals surface area contributed by atoms with Crippen LogP contribution in [0.2, 0.25) is 0 Å². The maximum absolute atomic E-state index is 11.9. The van der Waals surface area contributed by atoms with E-state index in [0.717, 1.165) is 4.90 Å². The fourth-order valence-electron chi connectivity index (χ4n) is 1.86. The molecule has 0 saturated heterocycles. The zero-order valence-electron chi connectivity index (χ0n) is 12.8. The molecule has 0 unspecified atom stereocenters. The minimum atomic E-state index is -0.235. The van der Waals surface area contributed by atoms with Crippen molar-refractivity contribution in [1.29, 1.82) is 0 Å². The Bertz CT molecular complexity index is 699. The van der Waals surface area contributed by atoms with Crippen molar-refractivity contribution in [3.63, 3.8) is 0 Å². The van der Waals surface area contributed by atoms with Gasteiger partial charge in [-0.25, -0.2) is 0 Å². The minimum Gasteiger partial charge on any atom is -0.352 e. The largest absolute Gasteiger partial charge is 0.352 e. The van der Waals surface area contributed by atoms with Gasteiger partial charge in [0.25, 0.3) is 5.91 Å². The normalized spacial score (nSPS) is 10.5. The predicted octanol–water partition coefficient (Wildman–Crippen LogP) is 3.68. The van der Waals surface area contributed by atoms with Gasteiger partial charge in [0.1, 0.15) is 0 Å². The lowest BCUT2D eigenvalue weighted by molar-refractivity contribution is -0.111. The number of benzene rings is 2. The first kappa shape index (κ1) is 16.8. The smallest absolute Gasteiger partial charge is 0.251 e. The van der Waals surface area contributed by atoms with Crippen LogP contribution in [0.4, 0.5) is 5.69 Å². The molecule has 4 nitrogen and oxygen atoms in total. The molecule has 0 saturated carbocycles. The second-order valence-corrected chi connectivity index (χ2v) is 5.64. The third-order valence-corrected chi connectivity index (χ3v) is 3.71. The molecule has 5 heteroatoms. The molecule has 2 amide bonds. The van der Waals surface area contributed by atoms with Crippen LogP contribution in [0.15, 0.2) is 71.0 Å². The lowest BCUT2D eigenvalue weighted by atomic mass is 10.2. The van der Waals surface area contributed by atoms with Gasteiger partial charge >= 0.3 is 0 Å². The van der Waals surface area contributed by atoms with Crippen LogP contribution in [0.5, 0.6) is 0 Å². The SMILES string of the molecule is CCNC(=O)c1cccc(NC(=O)C=CSc2ccccc2)c1. The molecule has 0 atom stereocenters. The van der Waals surface area contributed by atoms with Crippen LogP contribution in [0, 0.1) is 0 Å². The second-order valence-electron chi connectivity index (χ2n) is 4.66. The number of nitrogens with one attached hydrogen (secondary N) is 2. The van der Waals surface area contributed by atoms with E-state index < -0.39 is 0 Å². The molecule has 0 aliphatic carbocycles. The van der Waals surface area contributed by atoms with E-state index in [9.17, 15) is 9.59 Å². The molecular weight excluding hydrogens is 308 g/mol.